The van der Waals surface area contributed by atoms with E-state index in [-0.39, 0.29) is 16.9 Å². The lowest BCUT2D eigenvalue weighted by atomic mass is 10.1. The van der Waals surface area contributed by atoms with Crippen molar-refractivity contribution in [1.29, 1.82) is 0 Å². The van der Waals surface area contributed by atoms with Crippen molar-refractivity contribution in [2.24, 2.45) is 0 Å². The lowest BCUT2D eigenvalue weighted by Crippen LogP contribution is -2.04. The van der Waals surface area contributed by atoms with Gasteiger partial charge in [0.15, 0.2) is 0 Å². The molecule has 2 aromatic carbocycles. The maximum absolute atomic E-state index is 11.2. The van der Waals surface area contributed by atoms with Gasteiger partial charge in [-0.15, -0.1) is 0 Å². The molecule has 0 aliphatic rings. The van der Waals surface area contributed by atoms with Crippen molar-refractivity contribution in [2.75, 3.05) is 5.32 Å². The molecule has 21 heavy (non-hydrogen) atoms. The highest BCUT2D eigenvalue weighted by Gasteiger charge is 2.15. The van der Waals surface area contributed by atoms with Crippen LogP contribution in [0, 0.1) is 24.0 Å². The largest absolute Gasteiger partial charge is 0.478 e. The minimum Gasteiger partial charge on any atom is -0.478 e. The molecule has 0 saturated carbocycles. The third-order valence-corrected chi connectivity index (χ3v) is 3.23. The minimum atomic E-state index is -1.14. The number of aryl methyl sites for hydroxylation is 2. The van der Waals surface area contributed by atoms with Crippen LogP contribution >= 0.6 is 0 Å². The number of hydrogen-bond acceptors (Lipinski definition) is 4. The van der Waals surface area contributed by atoms with E-state index in [1.54, 1.807) is 6.07 Å². The highest BCUT2D eigenvalue weighted by molar-refractivity contribution is 5.95. The SMILES string of the molecule is Cc1ccc(Nc2cc([N+](=O)[O-])ccc2C(=O)O)cc1C. The van der Waals surface area contributed by atoms with E-state index < -0.39 is 10.9 Å². The lowest BCUT2D eigenvalue weighted by molar-refractivity contribution is -0.384. The van der Waals surface area contributed by atoms with Crippen molar-refractivity contribution >= 4 is 23.0 Å². The minimum absolute atomic E-state index is 0.0150. The maximum Gasteiger partial charge on any atom is 0.337 e. The Labute approximate surface area is 121 Å². The molecular formula is C15H14N2O4. The molecule has 0 fully saturated rings. The molecule has 6 nitrogen and oxygen atoms in total. The zero-order chi connectivity index (χ0) is 15.6. The van der Waals surface area contributed by atoms with Crippen molar-refractivity contribution in [3.63, 3.8) is 0 Å². The molecule has 0 unspecified atom stereocenters. The van der Waals surface area contributed by atoms with E-state index >= 15 is 0 Å². The van der Waals surface area contributed by atoms with E-state index in [4.69, 9.17) is 5.11 Å². The monoisotopic (exact) mass is 286 g/mol. The van der Waals surface area contributed by atoms with Crippen LogP contribution in [0.5, 0.6) is 0 Å². The number of nitro groups is 1. The third-order valence-electron chi connectivity index (χ3n) is 3.23. The van der Waals surface area contributed by atoms with Gasteiger partial charge in [-0.3, -0.25) is 10.1 Å². The molecule has 6 heteroatoms. The molecule has 108 valence electrons. The van der Waals surface area contributed by atoms with Gasteiger partial charge in [-0.2, -0.15) is 0 Å². The van der Waals surface area contributed by atoms with Crippen molar-refractivity contribution in [3.05, 3.63) is 63.2 Å². The molecule has 0 radical (unpaired) electrons. The Morgan fingerprint density at radius 2 is 1.86 bits per heavy atom. The van der Waals surface area contributed by atoms with Crippen LogP contribution in [0.3, 0.4) is 0 Å². The zero-order valence-electron chi connectivity index (χ0n) is 11.6. The van der Waals surface area contributed by atoms with Gasteiger partial charge < -0.3 is 10.4 Å². The van der Waals surface area contributed by atoms with Gasteiger partial charge in [0.05, 0.1) is 16.2 Å². The number of nitro benzene ring substituents is 1. The highest BCUT2D eigenvalue weighted by atomic mass is 16.6. The van der Waals surface area contributed by atoms with Crippen LogP contribution in [-0.2, 0) is 0 Å². The summed E-state index contributed by atoms with van der Waals surface area (Å²) in [6, 6.07) is 9.18. The summed E-state index contributed by atoms with van der Waals surface area (Å²) in [5, 5.41) is 22.9. The Kier molecular flexibility index (Phi) is 3.89. The Morgan fingerprint density at radius 3 is 2.43 bits per heavy atom. The molecule has 0 aliphatic heterocycles. The lowest BCUT2D eigenvalue weighted by Gasteiger charge is -2.11. The van der Waals surface area contributed by atoms with Crippen LogP contribution in [0.1, 0.15) is 21.5 Å². The summed E-state index contributed by atoms with van der Waals surface area (Å²) in [5.41, 5.74) is 2.85. The van der Waals surface area contributed by atoms with Gasteiger partial charge in [0.2, 0.25) is 0 Å². The topological polar surface area (TPSA) is 92.5 Å². The number of carboxylic acid groups (broad SMARTS) is 1. The first kappa shape index (κ1) is 14.5. The average Bonchev–Trinajstić information content (AvgIpc) is 2.42. The average molecular weight is 286 g/mol. The fourth-order valence-electron chi connectivity index (χ4n) is 1.91. The van der Waals surface area contributed by atoms with Crippen LogP contribution in [-0.4, -0.2) is 16.0 Å². The van der Waals surface area contributed by atoms with E-state index in [0.717, 1.165) is 11.1 Å². The van der Waals surface area contributed by atoms with E-state index in [0.29, 0.717) is 5.69 Å². The molecule has 0 heterocycles. The number of hydrogen-bond donors (Lipinski definition) is 2. The summed E-state index contributed by atoms with van der Waals surface area (Å²) in [6.45, 7) is 3.90. The number of aromatic carboxylic acids is 1. The van der Waals surface area contributed by atoms with Gasteiger partial charge in [-0.25, -0.2) is 4.79 Å². The molecule has 2 aromatic rings. The molecule has 0 spiro atoms. The van der Waals surface area contributed by atoms with Gasteiger partial charge in [-0.05, 0) is 43.2 Å². The summed E-state index contributed by atoms with van der Waals surface area (Å²) >= 11 is 0. The standard InChI is InChI=1S/C15H14N2O4/c1-9-3-4-11(7-10(9)2)16-14-8-12(17(20)21)5-6-13(14)15(18)19/h3-8,16H,1-2H3,(H,18,19). The molecule has 0 bridgehead atoms. The summed E-state index contributed by atoms with van der Waals surface area (Å²) in [4.78, 5) is 21.5. The maximum atomic E-state index is 11.2. The molecular weight excluding hydrogens is 272 g/mol. The smallest absolute Gasteiger partial charge is 0.337 e. The number of nitrogens with one attached hydrogen (secondary N) is 1. The molecule has 0 amide bonds. The predicted octanol–water partition coefficient (Wildman–Crippen LogP) is 3.65. The van der Waals surface area contributed by atoms with Gasteiger partial charge >= 0.3 is 5.97 Å². The second-order valence-electron chi connectivity index (χ2n) is 4.72. The van der Waals surface area contributed by atoms with Crippen molar-refractivity contribution in [3.8, 4) is 0 Å². The van der Waals surface area contributed by atoms with E-state index in [9.17, 15) is 14.9 Å². The number of anilines is 2. The summed E-state index contributed by atoms with van der Waals surface area (Å²) in [7, 11) is 0. The molecule has 2 rings (SSSR count). The van der Waals surface area contributed by atoms with Crippen LogP contribution in [0.4, 0.5) is 17.1 Å². The van der Waals surface area contributed by atoms with Gasteiger partial charge in [0.1, 0.15) is 0 Å². The molecule has 0 aliphatic carbocycles. The summed E-state index contributed by atoms with van der Waals surface area (Å²) in [5.74, 6) is -1.14. The Hall–Kier alpha value is -2.89. The Bertz CT molecular complexity index is 726. The first-order chi connectivity index (χ1) is 9.88. The van der Waals surface area contributed by atoms with Crippen LogP contribution in [0.15, 0.2) is 36.4 Å². The Morgan fingerprint density at radius 1 is 1.14 bits per heavy atom. The fraction of sp³-hybridized carbons (Fsp3) is 0.133. The van der Waals surface area contributed by atoms with Crippen molar-refractivity contribution in [2.45, 2.75) is 13.8 Å². The number of nitrogens with zero attached hydrogens (tertiary/aromatic N) is 1. The molecule has 0 atom stereocenters. The Balaban J connectivity index is 2.45. The van der Waals surface area contributed by atoms with E-state index in [2.05, 4.69) is 5.32 Å². The number of benzene rings is 2. The number of carbonyl (C=O) groups is 1. The van der Waals surface area contributed by atoms with Crippen LogP contribution < -0.4 is 5.32 Å². The first-order valence-electron chi connectivity index (χ1n) is 6.24. The highest BCUT2D eigenvalue weighted by Crippen LogP contribution is 2.27. The quantitative estimate of drug-likeness (QED) is 0.661. The van der Waals surface area contributed by atoms with Gasteiger partial charge in [-0.1, -0.05) is 6.07 Å². The number of carboxylic acids is 1. The third kappa shape index (κ3) is 3.17. The summed E-state index contributed by atoms with van der Waals surface area (Å²) < 4.78 is 0. The molecule has 0 aromatic heterocycles. The predicted molar refractivity (Wildman–Crippen MR) is 79.3 cm³/mol. The van der Waals surface area contributed by atoms with Crippen LogP contribution in [0.2, 0.25) is 0 Å². The van der Waals surface area contributed by atoms with E-state index in [1.165, 1.54) is 18.2 Å². The van der Waals surface area contributed by atoms with Crippen molar-refractivity contribution < 1.29 is 14.8 Å². The van der Waals surface area contributed by atoms with Crippen molar-refractivity contribution in [1.82, 2.24) is 0 Å². The van der Waals surface area contributed by atoms with Gasteiger partial charge in [0, 0.05) is 17.8 Å². The fourth-order valence-corrected chi connectivity index (χ4v) is 1.91. The van der Waals surface area contributed by atoms with Gasteiger partial charge in [0.25, 0.3) is 5.69 Å². The molecule has 0 saturated heterocycles. The second-order valence-corrected chi connectivity index (χ2v) is 4.72. The normalized spacial score (nSPS) is 10.2. The second kappa shape index (κ2) is 5.62. The number of rotatable bonds is 4. The summed E-state index contributed by atoms with van der Waals surface area (Å²) in [6.07, 6.45) is 0. The molecule has 2 N–H and O–H groups in total. The van der Waals surface area contributed by atoms with Crippen LogP contribution in [0.25, 0.3) is 0 Å². The zero-order valence-corrected chi connectivity index (χ0v) is 11.6. The number of non-ortho nitro benzene ring substituents is 1. The van der Waals surface area contributed by atoms with E-state index in [1.807, 2.05) is 26.0 Å². The first-order valence-corrected chi connectivity index (χ1v) is 6.24.